The fourth-order valence-electron chi connectivity index (χ4n) is 10.4. The number of likely N-dealkylation sites (N-methyl/N-ethyl adjacent to an activating group) is 1. The Bertz CT molecular complexity index is 2820. The second kappa shape index (κ2) is 32.9. The maximum absolute atomic E-state index is 14.8. The third-order valence-electron chi connectivity index (χ3n) is 15.0. The zero-order valence-electron chi connectivity index (χ0n) is 48.5. The van der Waals surface area contributed by atoms with Gasteiger partial charge in [0.15, 0.2) is 0 Å². The second-order valence-corrected chi connectivity index (χ2v) is 22.5. The first-order valence-corrected chi connectivity index (χ1v) is 30.4. The smallest absolute Gasteiger partial charge is 0.251 e. The Morgan fingerprint density at radius 1 is 0.759 bits per heavy atom. The molecule has 0 radical (unpaired) electrons. The molecule has 1 aliphatic heterocycles. The monoisotopic (exact) mass is 1160 g/mol. The van der Waals surface area contributed by atoms with Crippen molar-refractivity contribution in [1.82, 2.24) is 41.1 Å². The normalized spacial score (nSPS) is 17.7. The lowest BCUT2D eigenvalue weighted by molar-refractivity contribution is -0.143. The maximum atomic E-state index is 14.8. The number of hydrogen-bond donors (Lipinski definition) is 6. The van der Waals surface area contributed by atoms with Crippen LogP contribution in [0.5, 0.6) is 11.5 Å². The van der Waals surface area contributed by atoms with Gasteiger partial charge in [0, 0.05) is 48.3 Å². The van der Waals surface area contributed by atoms with Crippen molar-refractivity contribution in [3.8, 4) is 22.1 Å². The van der Waals surface area contributed by atoms with Gasteiger partial charge in [0.05, 0.1) is 83.7 Å². The van der Waals surface area contributed by atoms with Crippen molar-refractivity contribution < 1.29 is 47.6 Å². The van der Waals surface area contributed by atoms with E-state index in [1.165, 1.54) is 16.9 Å². The van der Waals surface area contributed by atoms with Crippen LogP contribution in [0, 0.1) is 11.8 Å². The zero-order chi connectivity index (χ0) is 58.2. The van der Waals surface area contributed by atoms with E-state index in [9.17, 15) is 19.2 Å². The quantitative estimate of drug-likeness (QED) is 0.0225. The van der Waals surface area contributed by atoms with Gasteiger partial charge in [0.2, 0.25) is 23.7 Å². The average Bonchev–Trinajstić information content (AvgIpc) is 4.41. The number of amides is 4. The number of carbonyl (C=O) groups is 4. The number of hydrogen-bond acceptors (Lipinski definition) is 17. The predicted molar refractivity (Wildman–Crippen MR) is 320 cm³/mol. The molecule has 21 heteroatoms. The van der Waals surface area contributed by atoms with Crippen molar-refractivity contribution in [2.75, 3.05) is 96.8 Å². The fourth-order valence-corrected chi connectivity index (χ4v) is 11.3. The molecule has 8 rings (SSSR count). The summed E-state index contributed by atoms with van der Waals surface area (Å²) in [6.07, 6.45) is 9.06. The van der Waals surface area contributed by atoms with Crippen LogP contribution in [0.3, 0.4) is 0 Å². The third-order valence-corrected chi connectivity index (χ3v) is 16.0. The summed E-state index contributed by atoms with van der Waals surface area (Å²) in [4.78, 5) is 70.5. The van der Waals surface area contributed by atoms with E-state index in [1.807, 2.05) is 53.9 Å². The Kier molecular flexibility index (Phi) is 24.7. The summed E-state index contributed by atoms with van der Waals surface area (Å²) in [6.45, 7) is 11.3. The van der Waals surface area contributed by atoms with Gasteiger partial charge in [-0.2, -0.15) is 4.98 Å². The molecule has 3 heterocycles. The molecule has 448 valence electrons. The number of benzene rings is 3. The first-order chi connectivity index (χ1) is 40.5. The van der Waals surface area contributed by atoms with E-state index in [2.05, 4.69) is 67.8 Å². The highest BCUT2D eigenvalue weighted by molar-refractivity contribution is 7.13. The lowest BCUT2D eigenvalue weighted by Gasteiger charge is -2.35. The number of carbonyl (C=O) groups excluding carboxylic acids is 4. The zero-order valence-corrected chi connectivity index (χ0v) is 49.4. The number of nitrogens with one attached hydrogen (secondary N) is 6. The van der Waals surface area contributed by atoms with Crippen molar-refractivity contribution >= 4 is 46.7 Å². The van der Waals surface area contributed by atoms with Gasteiger partial charge < -0.3 is 65.2 Å². The van der Waals surface area contributed by atoms with E-state index in [4.69, 9.17) is 33.4 Å². The Morgan fingerprint density at radius 2 is 1.48 bits per heavy atom. The summed E-state index contributed by atoms with van der Waals surface area (Å²) in [7, 11) is 1.72. The standard InChI is InChI=1S/C62H84N10O10S/c1-42(2)38-66-55-24-25-65-62(70-55)67-39-48-41-83-60(68-48)47-22-20-46(21-23-47)58(74)64-26-27-77-28-29-78-30-31-79-32-33-80-34-35-81-49-16-11-17-50(36-49)82-51-37-54(59(75)69-53-19-10-15-44-12-8-9-18-52(44)53)72(40-51)61(76)56(45-13-6-5-7-14-45)71-57(73)43(3)63-4/h8-9,11-12,16-18,20-25,36,41-43,45,51,53-54,56,63H,5-7,10,13-15,19,26-35,37-40H2,1-4H3,(H,64,74)(H,69,75)(H,71,73)(H2,65,66,67,70). The molecule has 1 saturated carbocycles. The van der Waals surface area contributed by atoms with E-state index in [1.54, 1.807) is 43.3 Å². The van der Waals surface area contributed by atoms with Crippen molar-refractivity contribution in [2.24, 2.45) is 11.8 Å². The minimum atomic E-state index is -0.777. The number of nitrogens with zero attached hydrogens (tertiary/aromatic N) is 4. The summed E-state index contributed by atoms with van der Waals surface area (Å²) >= 11 is 1.54. The van der Waals surface area contributed by atoms with Crippen molar-refractivity contribution in [2.45, 2.75) is 115 Å². The molecule has 0 bridgehead atoms. The topological polar surface area (TPSA) is 238 Å². The highest BCUT2D eigenvalue weighted by atomic mass is 32.1. The van der Waals surface area contributed by atoms with Crippen LogP contribution in [0.25, 0.3) is 10.6 Å². The van der Waals surface area contributed by atoms with Crippen molar-refractivity contribution in [3.63, 3.8) is 0 Å². The van der Waals surface area contributed by atoms with Crippen molar-refractivity contribution in [1.29, 1.82) is 0 Å². The third kappa shape index (κ3) is 19.4. The van der Waals surface area contributed by atoms with Gasteiger partial charge >= 0.3 is 0 Å². The number of fused-ring (bicyclic) bond motifs is 1. The molecule has 3 aliphatic rings. The molecule has 4 amide bonds. The highest BCUT2D eigenvalue weighted by Crippen LogP contribution is 2.34. The summed E-state index contributed by atoms with van der Waals surface area (Å²) in [5.41, 5.74) is 4.71. The Labute approximate surface area is 492 Å². The lowest BCUT2D eigenvalue weighted by Crippen LogP contribution is -2.58. The SMILES string of the molecule is CNC(C)C(=O)NC(C(=O)N1CC(Oc2cccc(OCCOCCOCCOCCOCCNC(=O)c3ccc(-c4nc(CNc5nccc(NCC(C)C)n5)cs4)cc3)c2)CC1C(=O)NC1CCCc2ccccc21)C1CCCCC1. The number of aryl methyl sites for hydroxylation is 1. The van der Waals surface area contributed by atoms with Crippen LogP contribution >= 0.6 is 11.3 Å². The first-order valence-electron chi connectivity index (χ1n) is 29.5. The molecule has 2 aromatic heterocycles. The van der Waals surface area contributed by atoms with Gasteiger partial charge in [-0.15, -0.1) is 11.3 Å². The van der Waals surface area contributed by atoms with Gasteiger partial charge in [0.1, 0.15) is 47.1 Å². The molecule has 2 fully saturated rings. The number of likely N-dealkylation sites (tertiary alicyclic amines) is 1. The summed E-state index contributed by atoms with van der Waals surface area (Å²) in [6, 6.07) is 22.7. The van der Waals surface area contributed by atoms with Gasteiger partial charge in [-0.3, -0.25) is 19.2 Å². The van der Waals surface area contributed by atoms with Crippen LogP contribution in [0.4, 0.5) is 11.8 Å². The van der Waals surface area contributed by atoms with E-state index in [-0.39, 0.29) is 42.1 Å². The first kappa shape index (κ1) is 62.3. The number of rotatable bonds is 33. The molecular weight excluding hydrogens is 1080 g/mol. The average molecular weight is 1160 g/mol. The molecule has 5 atom stereocenters. The molecule has 0 spiro atoms. The van der Waals surface area contributed by atoms with Crippen molar-refractivity contribution in [3.05, 3.63) is 113 Å². The van der Waals surface area contributed by atoms with E-state index >= 15 is 0 Å². The summed E-state index contributed by atoms with van der Waals surface area (Å²) in [5, 5.41) is 21.7. The molecule has 6 N–H and O–H groups in total. The van der Waals surface area contributed by atoms with Crippen LogP contribution in [0.15, 0.2) is 90.4 Å². The van der Waals surface area contributed by atoms with Crippen LogP contribution in [-0.2, 0) is 46.3 Å². The highest BCUT2D eigenvalue weighted by Gasteiger charge is 2.45. The van der Waals surface area contributed by atoms with Crippen LogP contribution in [0.1, 0.15) is 105 Å². The lowest BCUT2D eigenvalue weighted by atomic mass is 9.83. The fraction of sp³-hybridized carbons (Fsp3) is 0.532. The Morgan fingerprint density at radius 3 is 2.23 bits per heavy atom. The maximum Gasteiger partial charge on any atom is 0.251 e. The number of anilines is 2. The molecule has 1 saturated heterocycles. The molecule has 3 aromatic carbocycles. The minimum Gasteiger partial charge on any atom is -0.491 e. The minimum absolute atomic E-state index is 0.0227. The van der Waals surface area contributed by atoms with Gasteiger partial charge in [-0.25, -0.2) is 9.97 Å². The number of aromatic nitrogens is 3. The molecule has 5 aromatic rings. The van der Waals surface area contributed by atoms with Crippen LogP contribution < -0.4 is 41.4 Å². The molecule has 2 aliphatic carbocycles. The number of ether oxygens (including phenoxy) is 6. The van der Waals surface area contributed by atoms with Gasteiger partial charge in [-0.1, -0.05) is 75.6 Å². The van der Waals surface area contributed by atoms with E-state index < -0.39 is 24.2 Å². The molecule has 20 nitrogen and oxygen atoms in total. The Hall–Kier alpha value is -6.75. The van der Waals surface area contributed by atoms with Crippen LogP contribution in [0.2, 0.25) is 0 Å². The predicted octanol–water partition coefficient (Wildman–Crippen LogP) is 7.37. The van der Waals surface area contributed by atoms with E-state index in [0.717, 1.165) is 85.6 Å². The summed E-state index contributed by atoms with van der Waals surface area (Å²) < 4.78 is 35.2. The van der Waals surface area contributed by atoms with Gasteiger partial charge in [-0.05, 0) is 99.4 Å². The molecule has 83 heavy (non-hydrogen) atoms. The molecule has 5 unspecified atom stereocenters. The van der Waals surface area contributed by atoms with E-state index in [0.29, 0.717) is 108 Å². The second-order valence-electron chi connectivity index (χ2n) is 21.7. The van der Waals surface area contributed by atoms with Gasteiger partial charge in [0.25, 0.3) is 5.91 Å². The number of thiazole rings is 1. The Balaban J connectivity index is 0.678. The largest absolute Gasteiger partial charge is 0.491 e. The van der Waals surface area contributed by atoms with Crippen LogP contribution in [-0.4, -0.2) is 154 Å². The molecular formula is C62H84N10O10S. The summed E-state index contributed by atoms with van der Waals surface area (Å²) in [5.74, 6) is 2.08.